The van der Waals surface area contributed by atoms with Crippen molar-refractivity contribution in [1.82, 2.24) is 5.32 Å². The smallest absolute Gasteiger partial charge is 0.119 e. The summed E-state index contributed by atoms with van der Waals surface area (Å²) in [6.45, 7) is 4.46. The number of hydrogen-bond donors (Lipinski definition) is 1. The molecule has 2 rings (SSSR count). The molecule has 0 amide bonds. The van der Waals surface area contributed by atoms with Gasteiger partial charge in [0.2, 0.25) is 0 Å². The van der Waals surface area contributed by atoms with Crippen molar-refractivity contribution in [3.63, 3.8) is 0 Å². The monoisotopic (exact) mass is 247 g/mol. The predicted octanol–water partition coefficient (Wildman–Crippen LogP) is 3.26. The Morgan fingerprint density at radius 3 is 2.89 bits per heavy atom. The van der Waals surface area contributed by atoms with E-state index in [2.05, 4.69) is 30.4 Å². The summed E-state index contributed by atoms with van der Waals surface area (Å²) >= 11 is 0. The van der Waals surface area contributed by atoms with Gasteiger partial charge in [0.25, 0.3) is 0 Å². The maximum absolute atomic E-state index is 5.30. The number of rotatable bonds is 6. The Labute approximate surface area is 111 Å². The minimum Gasteiger partial charge on any atom is -0.497 e. The van der Waals surface area contributed by atoms with Gasteiger partial charge in [0.1, 0.15) is 5.75 Å². The molecule has 1 N–H and O–H groups in total. The van der Waals surface area contributed by atoms with E-state index in [0.29, 0.717) is 0 Å². The molecule has 1 aromatic carbocycles. The van der Waals surface area contributed by atoms with Crippen molar-refractivity contribution in [1.29, 1.82) is 0 Å². The summed E-state index contributed by atoms with van der Waals surface area (Å²) in [6, 6.07) is 8.53. The molecular weight excluding hydrogens is 222 g/mol. The summed E-state index contributed by atoms with van der Waals surface area (Å²) in [5.74, 6) is 2.68. The van der Waals surface area contributed by atoms with Gasteiger partial charge in [0.15, 0.2) is 0 Å². The summed E-state index contributed by atoms with van der Waals surface area (Å²) in [4.78, 5) is 0. The normalized spacial score (nSPS) is 23.2. The number of nitrogens with one attached hydrogen (secondary N) is 1. The first-order valence-electron chi connectivity index (χ1n) is 7.17. The Bertz CT molecular complexity index is 364. The highest BCUT2D eigenvalue weighted by atomic mass is 16.5. The molecule has 0 aromatic heterocycles. The first-order chi connectivity index (χ1) is 8.83. The van der Waals surface area contributed by atoms with Gasteiger partial charge in [-0.3, -0.25) is 0 Å². The lowest BCUT2D eigenvalue weighted by atomic mass is 9.89. The Balaban J connectivity index is 1.94. The van der Waals surface area contributed by atoms with Crippen molar-refractivity contribution in [2.24, 2.45) is 11.8 Å². The lowest BCUT2D eigenvalue weighted by molar-refractivity contribution is 0.367. The summed E-state index contributed by atoms with van der Waals surface area (Å²) in [6.07, 6.45) is 5.37. The fourth-order valence-corrected chi connectivity index (χ4v) is 3.08. The van der Waals surface area contributed by atoms with Crippen molar-refractivity contribution >= 4 is 0 Å². The van der Waals surface area contributed by atoms with E-state index in [1.54, 1.807) is 7.11 Å². The van der Waals surface area contributed by atoms with Gasteiger partial charge in [-0.2, -0.15) is 0 Å². The number of benzene rings is 1. The summed E-state index contributed by atoms with van der Waals surface area (Å²) in [5.41, 5.74) is 1.42. The average molecular weight is 247 g/mol. The van der Waals surface area contributed by atoms with Gasteiger partial charge in [-0.05, 0) is 61.9 Å². The second kappa shape index (κ2) is 6.79. The second-order valence-corrected chi connectivity index (χ2v) is 5.31. The first-order valence-corrected chi connectivity index (χ1v) is 7.17. The predicted molar refractivity (Wildman–Crippen MR) is 76.1 cm³/mol. The van der Waals surface area contributed by atoms with Crippen LogP contribution < -0.4 is 10.1 Å². The van der Waals surface area contributed by atoms with Crippen LogP contribution >= 0.6 is 0 Å². The van der Waals surface area contributed by atoms with E-state index < -0.39 is 0 Å². The van der Waals surface area contributed by atoms with Gasteiger partial charge in [-0.15, -0.1) is 0 Å². The lowest BCUT2D eigenvalue weighted by Gasteiger charge is -2.20. The molecule has 1 aromatic rings. The number of methoxy groups -OCH3 is 1. The quantitative estimate of drug-likeness (QED) is 0.833. The van der Waals surface area contributed by atoms with E-state index in [0.717, 1.165) is 24.1 Å². The maximum Gasteiger partial charge on any atom is 0.119 e. The molecule has 18 heavy (non-hydrogen) atoms. The van der Waals surface area contributed by atoms with Gasteiger partial charge >= 0.3 is 0 Å². The highest BCUT2D eigenvalue weighted by Gasteiger charge is 2.26. The van der Waals surface area contributed by atoms with E-state index in [1.165, 1.54) is 37.8 Å². The Kier molecular flexibility index (Phi) is 5.06. The van der Waals surface area contributed by atoms with Crippen molar-refractivity contribution in [2.75, 3.05) is 20.2 Å². The largest absolute Gasteiger partial charge is 0.497 e. The zero-order valence-electron chi connectivity index (χ0n) is 11.6. The standard InChI is InChI=1S/C16H25NO/c1-3-17-12-15-8-5-7-14(15)10-13-6-4-9-16(11-13)18-2/h4,6,9,11,14-15,17H,3,5,7-8,10,12H2,1-2H3. The zero-order chi connectivity index (χ0) is 12.8. The molecule has 1 aliphatic carbocycles. The molecule has 1 saturated carbocycles. The molecule has 1 fully saturated rings. The molecule has 2 heteroatoms. The fourth-order valence-electron chi connectivity index (χ4n) is 3.08. The second-order valence-electron chi connectivity index (χ2n) is 5.31. The SMILES string of the molecule is CCNCC1CCCC1Cc1cccc(OC)c1. The molecular formula is C16H25NO. The van der Waals surface area contributed by atoms with Crippen molar-refractivity contribution < 1.29 is 4.74 Å². The van der Waals surface area contributed by atoms with Gasteiger partial charge in [0, 0.05) is 0 Å². The van der Waals surface area contributed by atoms with Crippen LogP contribution in [0.1, 0.15) is 31.7 Å². The van der Waals surface area contributed by atoms with E-state index >= 15 is 0 Å². The van der Waals surface area contributed by atoms with Crippen LogP contribution in [0, 0.1) is 11.8 Å². The molecule has 100 valence electrons. The third-order valence-electron chi connectivity index (χ3n) is 4.11. The lowest BCUT2D eigenvalue weighted by Crippen LogP contribution is -2.25. The molecule has 0 radical (unpaired) electrons. The van der Waals surface area contributed by atoms with Crippen molar-refractivity contribution in [3.05, 3.63) is 29.8 Å². The van der Waals surface area contributed by atoms with Crippen LogP contribution in [-0.4, -0.2) is 20.2 Å². The van der Waals surface area contributed by atoms with E-state index in [4.69, 9.17) is 4.74 Å². The van der Waals surface area contributed by atoms with Gasteiger partial charge in [0.05, 0.1) is 7.11 Å². The molecule has 2 atom stereocenters. The Hall–Kier alpha value is -1.02. The van der Waals surface area contributed by atoms with Gasteiger partial charge in [-0.25, -0.2) is 0 Å². The van der Waals surface area contributed by atoms with Crippen molar-refractivity contribution in [2.45, 2.75) is 32.6 Å². The third kappa shape index (κ3) is 3.49. The highest BCUT2D eigenvalue weighted by molar-refractivity contribution is 5.28. The van der Waals surface area contributed by atoms with E-state index in [-0.39, 0.29) is 0 Å². The summed E-state index contributed by atoms with van der Waals surface area (Å²) in [5, 5.41) is 3.50. The zero-order valence-corrected chi connectivity index (χ0v) is 11.6. The van der Waals surface area contributed by atoms with Crippen LogP contribution in [0.4, 0.5) is 0 Å². The molecule has 0 aliphatic heterocycles. The van der Waals surface area contributed by atoms with Crippen molar-refractivity contribution in [3.8, 4) is 5.75 Å². The minimum absolute atomic E-state index is 0.844. The highest BCUT2D eigenvalue weighted by Crippen LogP contribution is 2.34. The molecule has 0 spiro atoms. The average Bonchev–Trinajstić information content (AvgIpc) is 2.84. The fraction of sp³-hybridized carbons (Fsp3) is 0.625. The third-order valence-corrected chi connectivity index (χ3v) is 4.11. The molecule has 0 saturated heterocycles. The van der Waals surface area contributed by atoms with Crippen LogP contribution in [0.2, 0.25) is 0 Å². The first kappa shape index (κ1) is 13.4. The van der Waals surface area contributed by atoms with E-state index in [1.807, 2.05) is 6.07 Å². The van der Waals surface area contributed by atoms with Crippen LogP contribution in [0.25, 0.3) is 0 Å². The summed E-state index contributed by atoms with van der Waals surface area (Å²) < 4.78 is 5.30. The van der Waals surface area contributed by atoms with Gasteiger partial charge < -0.3 is 10.1 Å². The minimum atomic E-state index is 0.844. The molecule has 2 unspecified atom stereocenters. The topological polar surface area (TPSA) is 21.3 Å². The van der Waals surface area contributed by atoms with Crippen LogP contribution in [0.3, 0.4) is 0 Å². The van der Waals surface area contributed by atoms with Gasteiger partial charge in [-0.1, -0.05) is 25.5 Å². The number of hydrogen-bond acceptors (Lipinski definition) is 2. The Morgan fingerprint density at radius 1 is 1.28 bits per heavy atom. The van der Waals surface area contributed by atoms with Crippen LogP contribution in [0.15, 0.2) is 24.3 Å². The Morgan fingerprint density at radius 2 is 2.11 bits per heavy atom. The van der Waals surface area contributed by atoms with Crippen LogP contribution in [0.5, 0.6) is 5.75 Å². The van der Waals surface area contributed by atoms with E-state index in [9.17, 15) is 0 Å². The molecule has 0 bridgehead atoms. The molecule has 2 nitrogen and oxygen atoms in total. The summed E-state index contributed by atoms with van der Waals surface area (Å²) in [7, 11) is 1.74. The van der Waals surface area contributed by atoms with Crippen LogP contribution in [-0.2, 0) is 6.42 Å². The maximum atomic E-state index is 5.30. The number of ether oxygens (including phenoxy) is 1. The molecule has 1 aliphatic rings. The molecule has 0 heterocycles.